The van der Waals surface area contributed by atoms with Crippen molar-refractivity contribution in [3.8, 4) is 0 Å². The number of aliphatic hydroxyl groups is 2. The standard InChI is InChI=1S/C11H16N2O2/c1-7-8(12)3-2-4-9(7)13-5-10(14)11(15)6-13/h2-4,10-11,14-15H,5-6,12H2,1H3. The second-order valence-corrected chi connectivity index (χ2v) is 4.03. The average Bonchev–Trinajstić information content (AvgIpc) is 2.51. The van der Waals surface area contributed by atoms with E-state index in [9.17, 15) is 10.2 Å². The molecule has 1 fully saturated rings. The summed E-state index contributed by atoms with van der Waals surface area (Å²) in [4.78, 5) is 1.96. The smallest absolute Gasteiger partial charge is 0.0990 e. The molecule has 0 aromatic heterocycles. The average molecular weight is 208 g/mol. The Bertz CT molecular complexity index is 358. The molecule has 4 heteroatoms. The molecule has 1 aromatic carbocycles. The van der Waals surface area contributed by atoms with E-state index in [-0.39, 0.29) is 0 Å². The molecule has 2 rings (SSSR count). The van der Waals surface area contributed by atoms with Crippen LogP contribution in [0.3, 0.4) is 0 Å². The van der Waals surface area contributed by atoms with E-state index in [0.717, 1.165) is 16.9 Å². The van der Waals surface area contributed by atoms with Gasteiger partial charge in [0.1, 0.15) is 0 Å². The van der Waals surface area contributed by atoms with Crippen LogP contribution in [0.15, 0.2) is 18.2 Å². The Balaban J connectivity index is 2.27. The maximum atomic E-state index is 9.47. The van der Waals surface area contributed by atoms with Crippen LogP contribution in [0, 0.1) is 6.92 Å². The molecule has 0 saturated carbocycles. The third-order valence-corrected chi connectivity index (χ3v) is 2.95. The number of rotatable bonds is 1. The molecule has 1 aliphatic rings. The number of β-amino-alcohol motifs (C(OH)–C–C–N with tert-alkyl or cyclic N) is 2. The van der Waals surface area contributed by atoms with E-state index in [1.807, 2.05) is 30.0 Å². The summed E-state index contributed by atoms with van der Waals surface area (Å²) >= 11 is 0. The van der Waals surface area contributed by atoms with Crippen molar-refractivity contribution in [1.29, 1.82) is 0 Å². The monoisotopic (exact) mass is 208 g/mol. The Morgan fingerprint density at radius 3 is 2.47 bits per heavy atom. The van der Waals surface area contributed by atoms with Crippen molar-refractivity contribution in [1.82, 2.24) is 0 Å². The Morgan fingerprint density at radius 1 is 1.27 bits per heavy atom. The van der Waals surface area contributed by atoms with Gasteiger partial charge in [-0.25, -0.2) is 0 Å². The third kappa shape index (κ3) is 1.78. The number of nitrogens with zero attached hydrogens (tertiary/aromatic N) is 1. The minimum absolute atomic E-state index is 0.464. The van der Waals surface area contributed by atoms with Crippen molar-refractivity contribution in [2.45, 2.75) is 19.1 Å². The SMILES string of the molecule is Cc1c(N)cccc1N1CC(O)C(O)C1. The van der Waals surface area contributed by atoms with Crippen LogP contribution < -0.4 is 10.6 Å². The van der Waals surface area contributed by atoms with E-state index in [4.69, 9.17) is 5.73 Å². The van der Waals surface area contributed by atoms with Crippen molar-refractivity contribution < 1.29 is 10.2 Å². The normalized spacial score (nSPS) is 25.9. The van der Waals surface area contributed by atoms with Gasteiger partial charge in [-0.05, 0) is 24.6 Å². The van der Waals surface area contributed by atoms with Crippen LogP contribution in [0.2, 0.25) is 0 Å². The number of anilines is 2. The minimum atomic E-state index is -0.661. The van der Waals surface area contributed by atoms with Crippen LogP contribution in [0.25, 0.3) is 0 Å². The molecule has 1 aromatic rings. The van der Waals surface area contributed by atoms with Crippen molar-refractivity contribution >= 4 is 11.4 Å². The maximum Gasteiger partial charge on any atom is 0.0990 e. The molecule has 1 saturated heterocycles. The van der Waals surface area contributed by atoms with Crippen LogP contribution >= 0.6 is 0 Å². The summed E-state index contributed by atoms with van der Waals surface area (Å²) in [5.41, 5.74) is 8.54. The van der Waals surface area contributed by atoms with Gasteiger partial charge in [-0.3, -0.25) is 0 Å². The lowest BCUT2D eigenvalue weighted by Gasteiger charge is -2.20. The predicted molar refractivity (Wildman–Crippen MR) is 59.8 cm³/mol. The Morgan fingerprint density at radius 2 is 1.87 bits per heavy atom. The van der Waals surface area contributed by atoms with Crippen LogP contribution in [0.5, 0.6) is 0 Å². The lowest BCUT2D eigenvalue weighted by molar-refractivity contribution is 0.0572. The highest BCUT2D eigenvalue weighted by atomic mass is 16.3. The van der Waals surface area contributed by atoms with Crippen molar-refractivity contribution in [3.63, 3.8) is 0 Å². The summed E-state index contributed by atoms with van der Waals surface area (Å²) < 4.78 is 0. The first-order chi connectivity index (χ1) is 7.09. The van der Waals surface area contributed by atoms with Crippen molar-refractivity contribution in [2.75, 3.05) is 23.7 Å². The Kier molecular flexibility index (Phi) is 2.54. The molecule has 0 amide bonds. The van der Waals surface area contributed by atoms with E-state index in [1.165, 1.54) is 0 Å². The summed E-state index contributed by atoms with van der Waals surface area (Å²) in [5, 5.41) is 18.9. The lowest BCUT2D eigenvalue weighted by Crippen LogP contribution is -2.22. The third-order valence-electron chi connectivity index (χ3n) is 2.95. The first kappa shape index (κ1) is 10.3. The molecule has 1 heterocycles. The molecule has 4 N–H and O–H groups in total. The van der Waals surface area contributed by atoms with E-state index >= 15 is 0 Å². The zero-order valence-corrected chi connectivity index (χ0v) is 8.72. The van der Waals surface area contributed by atoms with E-state index in [0.29, 0.717) is 13.1 Å². The highest BCUT2D eigenvalue weighted by Crippen LogP contribution is 2.27. The van der Waals surface area contributed by atoms with E-state index < -0.39 is 12.2 Å². The van der Waals surface area contributed by atoms with Gasteiger partial charge in [-0.15, -0.1) is 0 Å². The molecule has 4 nitrogen and oxygen atoms in total. The van der Waals surface area contributed by atoms with Gasteiger partial charge < -0.3 is 20.8 Å². The van der Waals surface area contributed by atoms with Gasteiger partial charge >= 0.3 is 0 Å². The number of hydrogen-bond acceptors (Lipinski definition) is 4. The summed E-state index contributed by atoms with van der Waals surface area (Å²) in [6, 6.07) is 5.69. The molecule has 0 radical (unpaired) electrons. The number of nitrogen functional groups attached to an aromatic ring is 1. The van der Waals surface area contributed by atoms with Gasteiger partial charge in [0.05, 0.1) is 12.2 Å². The maximum absolute atomic E-state index is 9.47. The fraction of sp³-hybridized carbons (Fsp3) is 0.455. The second-order valence-electron chi connectivity index (χ2n) is 4.03. The molecule has 0 bridgehead atoms. The van der Waals surface area contributed by atoms with E-state index in [2.05, 4.69) is 0 Å². The number of hydrogen-bond donors (Lipinski definition) is 3. The molecule has 0 aliphatic carbocycles. The zero-order chi connectivity index (χ0) is 11.0. The topological polar surface area (TPSA) is 69.7 Å². The van der Waals surface area contributed by atoms with Gasteiger partial charge in [-0.1, -0.05) is 6.07 Å². The quantitative estimate of drug-likeness (QED) is 0.573. The Labute approximate surface area is 88.9 Å². The molecule has 1 aliphatic heterocycles. The van der Waals surface area contributed by atoms with Gasteiger partial charge in [0, 0.05) is 24.5 Å². The van der Waals surface area contributed by atoms with Crippen molar-refractivity contribution in [3.05, 3.63) is 23.8 Å². The fourth-order valence-electron chi connectivity index (χ4n) is 1.95. The number of benzene rings is 1. The molecule has 0 spiro atoms. The van der Waals surface area contributed by atoms with Crippen LogP contribution in [0.4, 0.5) is 11.4 Å². The van der Waals surface area contributed by atoms with Crippen LogP contribution in [0.1, 0.15) is 5.56 Å². The minimum Gasteiger partial charge on any atom is -0.398 e. The molecule has 82 valence electrons. The zero-order valence-electron chi connectivity index (χ0n) is 8.72. The summed E-state index contributed by atoms with van der Waals surface area (Å²) in [6.07, 6.45) is -1.32. The molecule has 15 heavy (non-hydrogen) atoms. The first-order valence-electron chi connectivity index (χ1n) is 5.05. The van der Waals surface area contributed by atoms with Gasteiger partial charge in [0.2, 0.25) is 0 Å². The molecule has 2 atom stereocenters. The molecular formula is C11H16N2O2. The van der Waals surface area contributed by atoms with Crippen LogP contribution in [-0.4, -0.2) is 35.5 Å². The molecule has 2 unspecified atom stereocenters. The van der Waals surface area contributed by atoms with Gasteiger partial charge in [-0.2, -0.15) is 0 Å². The predicted octanol–water partition coefficient (Wildman–Crippen LogP) is 0.119. The Hall–Kier alpha value is -1.26. The lowest BCUT2D eigenvalue weighted by atomic mass is 10.1. The summed E-state index contributed by atoms with van der Waals surface area (Å²) in [6.45, 7) is 2.87. The van der Waals surface area contributed by atoms with Gasteiger partial charge in [0.25, 0.3) is 0 Å². The fourth-order valence-corrected chi connectivity index (χ4v) is 1.95. The first-order valence-corrected chi connectivity index (χ1v) is 5.05. The number of nitrogens with two attached hydrogens (primary N) is 1. The summed E-state index contributed by atoms with van der Waals surface area (Å²) in [7, 11) is 0. The van der Waals surface area contributed by atoms with Crippen LogP contribution in [-0.2, 0) is 0 Å². The highest BCUT2D eigenvalue weighted by Gasteiger charge is 2.30. The largest absolute Gasteiger partial charge is 0.398 e. The second kappa shape index (κ2) is 3.72. The van der Waals surface area contributed by atoms with Crippen molar-refractivity contribution in [2.24, 2.45) is 0 Å². The number of aliphatic hydroxyl groups excluding tert-OH is 2. The molecular weight excluding hydrogens is 192 g/mol. The summed E-state index contributed by atoms with van der Waals surface area (Å²) in [5.74, 6) is 0. The highest BCUT2D eigenvalue weighted by molar-refractivity contribution is 5.64. The van der Waals surface area contributed by atoms with E-state index in [1.54, 1.807) is 0 Å². The van der Waals surface area contributed by atoms with Gasteiger partial charge in [0.15, 0.2) is 0 Å².